The van der Waals surface area contributed by atoms with Gasteiger partial charge in [0.05, 0.1) is 14.2 Å². The van der Waals surface area contributed by atoms with E-state index in [1.165, 1.54) is 6.42 Å². The van der Waals surface area contributed by atoms with Crippen LogP contribution in [0.3, 0.4) is 0 Å². The number of benzene rings is 1. The Morgan fingerprint density at radius 1 is 1.12 bits per heavy atom. The van der Waals surface area contributed by atoms with Crippen LogP contribution in [0, 0.1) is 0 Å². The Morgan fingerprint density at radius 2 is 1.75 bits per heavy atom. The van der Waals surface area contributed by atoms with E-state index in [0.717, 1.165) is 29.9 Å². The van der Waals surface area contributed by atoms with E-state index in [0.29, 0.717) is 5.92 Å². The van der Waals surface area contributed by atoms with Gasteiger partial charge in [-0.3, -0.25) is 0 Å². The molecule has 1 fully saturated rings. The van der Waals surface area contributed by atoms with Crippen LogP contribution in [0.5, 0.6) is 11.5 Å². The standard InChI is InChI=1S/C13H17ClO2/c1-15-11-7-4-8-12(16-2)13(11)9-5-3-6-10(9)14/h4,7-10H,3,5-6H2,1-2H3. The molecule has 2 atom stereocenters. The molecule has 0 radical (unpaired) electrons. The summed E-state index contributed by atoms with van der Waals surface area (Å²) in [4.78, 5) is 0. The van der Waals surface area contributed by atoms with Crippen molar-refractivity contribution in [2.75, 3.05) is 14.2 Å². The molecule has 0 heterocycles. The highest BCUT2D eigenvalue weighted by atomic mass is 35.5. The monoisotopic (exact) mass is 240 g/mol. The highest BCUT2D eigenvalue weighted by Gasteiger charge is 2.31. The van der Waals surface area contributed by atoms with Crippen LogP contribution in [0.15, 0.2) is 18.2 Å². The number of rotatable bonds is 3. The summed E-state index contributed by atoms with van der Waals surface area (Å²) in [7, 11) is 3.38. The molecular weight excluding hydrogens is 224 g/mol. The minimum absolute atomic E-state index is 0.199. The van der Waals surface area contributed by atoms with E-state index in [-0.39, 0.29) is 5.38 Å². The summed E-state index contributed by atoms with van der Waals surface area (Å²) in [5, 5.41) is 0.199. The third-order valence-electron chi connectivity index (χ3n) is 3.27. The van der Waals surface area contributed by atoms with Gasteiger partial charge >= 0.3 is 0 Å². The second-order valence-electron chi connectivity index (χ2n) is 4.13. The molecule has 1 aliphatic carbocycles. The lowest BCUT2D eigenvalue weighted by Crippen LogP contribution is -2.08. The minimum atomic E-state index is 0.199. The summed E-state index contributed by atoms with van der Waals surface area (Å²) in [6, 6.07) is 5.89. The molecule has 16 heavy (non-hydrogen) atoms. The quantitative estimate of drug-likeness (QED) is 0.752. The predicted molar refractivity (Wildman–Crippen MR) is 65.8 cm³/mol. The van der Waals surface area contributed by atoms with Crippen molar-refractivity contribution >= 4 is 11.6 Å². The highest BCUT2D eigenvalue weighted by molar-refractivity contribution is 6.21. The minimum Gasteiger partial charge on any atom is -0.496 e. The molecule has 2 unspecified atom stereocenters. The fourth-order valence-corrected chi connectivity index (χ4v) is 2.89. The SMILES string of the molecule is COc1cccc(OC)c1C1CCCC1Cl. The van der Waals surface area contributed by atoms with Gasteiger partial charge in [0.2, 0.25) is 0 Å². The van der Waals surface area contributed by atoms with Crippen LogP contribution in [-0.2, 0) is 0 Å². The lowest BCUT2D eigenvalue weighted by Gasteiger charge is -2.20. The maximum atomic E-state index is 6.36. The van der Waals surface area contributed by atoms with Crippen LogP contribution in [-0.4, -0.2) is 19.6 Å². The van der Waals surface area contributed by atoms with Crippen molar-refractivity contribution in [2.24, 2.45) is 0 Å². The third-order valence-corrected chi connectivity index (χ3v) is 3.79. The Balaban J connectivity index is 2.43. The Labute approximate surface area is 102 Å². The van der Waals surface area contributed by atoms with Crippen LogP contribution in [0.1, 0.15) is 30.7 Å². The zero-order valence-electron chi connectivity index (χ0n) is 9.70. The maximum absolute atomic E-state index is 6.36. The first-order chi connectivity index (χ1) is 7.77. The molecule has 3 heteroatoms. The van der Waals surface area contributed by atoms with Gasteiger partial charge in [-0.1, -0.05) is 12.5 Å². The van der Waals surface area contributed by atoms with Gasteiger partial charge in [-0.05, 0) is 25.0 Å². The molecule has 2 nitrogen and oxygen atoms in total. The third kappa shape index (κ3) is 1.99. The van der Waals surface area contributed by atoms with Gasteiger partial charge in [-0.25, -0.2) is 0 Å². The number of hydrogen-bond acceptors (Lipinski definition) is 2. The van der Waals surface area contributed by atoms with Crippen molar-refractivity contribution in [3.05, 3.63) is 23.8 Å². The summed E-state index contributed by atoms with van der Waals surface area (Å²) in [6.45, 7) is 0. The molecule has 0 spiro atoms. The van der Waals surface area contributed by atoms with Gasteiger partial charge < -0.3 is 9.47 Å². The number of halogens is 1. The number of alkyl halides is 1. The van der Waals surface area contributed by atoms with E-state index in [2.05, 4.69) is 0 Å². The first-order valence-corrected chi connectivity index (χ1v) is 6.06. The molecule has 0 aromatic heterocycles. The van der Waals surface area contributed by atoms with E-state index in [1.807, 2.05) is 18.2 Å². The van der Waals surface area contributed by atoms with Crippen molar-refractivity contribution in [3.8, 4) is 11.5 Å². The fraction of sp³-hybridized carbons (Fsp3) is 0.538. The van der Waals surface area contributed by atoms with Gasteiger partial charge in [0, 0.05) is 16.9 Å². The highest BCUT2D eigenvalue weighted by Crippen LogP contribution is 2.45. The molecular formula is C13H17ClO2. The van der Waals surface area contributed by atoms with Gasteiger partial charge in [0.25, 0.3) is 0 Å². The van der Waals surface area contributed by atoms with Crippen molar-refractivity contribution < 1.29 is 9.47 Å². The molecule has 0 aliphatic heterocycles. The Kier molecular flexibility index (Phi) is 3.59. The molecule has 88 valence electrons. The Morgan fingerprint density at radius 3 is 2.19 bits per heavy atom. The average molecular weight is 241 g/mol. The lowest BCUT2D eigenvalue weighted by atomic mass is 9.95. The van der Waals surface area contributed by atoms with Gasteiger partial charge in [-0.15, -0.1) is 11.6 Å². The van der Waals surface area contributed by atoms with Crippen molar-refractivity contribution in [2.45, 2.75) is 30.6 Å². The van der Waals surface area contributed by atoms with Gasteiger partial charge in [0.1, 0.15) is 11.5 Å². The second kappa shape index (κ2) is 4.96. The molecule has 1 aromatic carbocycles. The molecule has 0 saturated heterocycles. The molecule has 1 aromatic rings. The topological polar surface area (TPSA) is 18.5 Å². The molecule has 1 aliphatic rings. The maximum Gasteiger partial charge on any atom is 0.126 e. The first-order valence-electron chi connectivity index (χ1n) is 5.63. The molecule has 2 rings (SSSR count). The van der Waals surface area contributed by atoms with E-state index >= 15 is 0 Å². The van der Waals surface area contributed by atoms with Crippen LogP contribution in [0.4, 0.5) is 0 Å². The molecule has 0 amide bonds. The number of hydrogen-bond donors (Lipinski definition) is 0. The summed E-state index contributed by atoms with van der Waals surface area (Å²) in [5.74, 6) is 2.13. The van der Waals surface area contributed by atoms with Crippen LogP contribution in [0.2, 0.25) is 0 Å². The largest absolute Gasteiger partial charge is 0.496 e. The fourth-order valence-electron chi connectivity index (χ4n) is 2.49. The van der Waals surface area contributed by atoms with Gasteiger partial charge in [-0.2, -0.15) is 0 Å². The Hall–Kier alpha value is -0.890. The smallest absolute Gasteiger partial charge is 0.126 e. The van der Waals surface area contributed by atoms with Crippen LogP contribution >= 0.6 is 11.6 Å². The number of ether oxygens (including phenoxy) is 2. The Bertz CT molecular complexity index is 343. The van der Waals surface area contributed by atoms with Crippen molar-refractivity contribution in [3.63, 3.8) is 0 Å². The van der Waals surface area contributed by atoms with Crippen molar-refractivity contribution in [1.29, 1.82) is 0 Å². The van der Waals surface area contributed by atoms with Crippen LogP contribution in [0.25, 0.3) is 0 Å². The van der Waals surface area contributed by atoms with E-state index in [1.54, 1.807) is 14.2 Å². The van der Waals surface area contributed by atoms with E-state index < -0.39 is 0 Å². The molecule has 0 N–H and O–H groups in total. The van der Waals surface area contributed by atoms with Crippen molar-refractivity contribution in [1.82, 2.24) is 0 Å². The predicted octanol–water partition coefficient (Wildman–Crippen LogP) is 3.58. The lowest BCUT2D eigenvalue weighted by molar-refractivity contribution is 0.379. The van der Waals surface area contributed by atoms with E-state index in [9.17, 15) is 0 Å². The van der Waals surface area contributed by atoms with Gasteiger partial charge in [0.15, 0.2) is 0 Å². The molecule has 1 saturated carbocycles. The normalized spacial score (nSPS) is 24.4. The molecule has 0 bridgehead atoms. The summed E-state index contributed by atoms with van der Waals surface area (Å²) >= 11 is 6.36. The average Bonchev–Trinajstić information content (AvgIpc) is 2.74. The number of methoxy groups -OCH3 is 2. The summed E-state index contributed by atoms with van der Waals surface area (Å²) in [5.41, 5.74) is 1.13. The summed E-state index contributed by atoms with van der Waals surface area (Å²) in [6.07, 6.45) is 3.37. The first kappa shape index (κ1) is 11.6. The zero-order valence-corrected chi connectivity index (χ0v) is 10.5. The van der Waals surface area contributed by atoms with E-state index in [4.69, 9.17) is 21.1 Å². The zero-order chi connectivity index (χ0) is 11.5. The van der Waals surface area contributed by atoms with Crippen LogP contribution < -0.4 is 9.47 Å². The second-order valence-corrected chi connectivity index (χ2v) is 4.69. The summed E-state index contributed by atoms with van der Waals surface area (Å²) < 4.78 is 10.8.